The van der Waals surface area contributed by atoms with Crippen LogP contribution in [0, 0.1) is 11.7 Å². The lowest BCUT2D eigenvalue weighted by Crippen LogP contribution is -2.38. The Kier molecular flexibility index (Phi) is 7.91. The van der Waals surface area contributed by atoms with Gasteiger partial charge in [-0.15, -0.1) is 0 Å². The lowest BCUT2D eigenvalue weighted by atomic mass is 9.66. The van der Waals surface area contributed by atoms with Crippen LogP contribution in [0.15, 0.2) is 42.5 Å². The standard InChI is InChI=1S/C26H30F4O4/c1-16(2)34-23-11-8-19(26(28,29)30)13-21(23)17(15-31)14-25(18-6-9-20(27)10-7-18)12-4-5-22(25)24(32)33-3/h6-11,13,16-17,22,31H,4-5,12,14-15H2,1-3H3/t17?,22?,25-/m0/s1. The van der Waals surface area contributed by atoms with Crippen LogP contribution in [0.5, 0.6) is 5.75 Å². The Hall–Kier alpha value is -2.61. The summed E-state index contributed by atoms with van der Waals surface area (Å²) in [5, 5.41) is 10.4. The van der Waals surface area contributed by atoms with E-state index in [1.54, 1.807) is 26.0 Å². The third-order valence-corrected chi connectivity index (χ3v) is 6.66. The van der Waals surface area contributed by atoms with Gasteiger partial charge in [0.05, 0.1) is 31.3 Å². The van der Waals surface area contributed by atoms with E-state index in [1.807, 2.05) is 0 Å². The lowest BCUT2D eigenvalue weighted by molar-refractivity contribution is -0.147. The van der Waals surface area contributed by atoms with Crippen LogP contribution in [-0.4, -0.2) is 30.9 Å². The van der Waals surface area contributed by atoms with Gasteiger partial charge >= 0.3 is 12.1 Å². The molecule has 34 heavy (non-hydrogen) atoms. The van der Waals surface area contributed by atoms with E-state index < -0.39 is 47.4 Å². The average molecular weight is 483 g/mol. The number of aliphatic hydroxyl groups excluding tert-OH is 1. The number of benzene rings is 2. The van der Waals surface area contributed by atoms with Gasteiger partial charge in [0, 0.05) is 16.9 Å². The van der Waals surface area contributed by atoms with Crippen LogP contribution in [0.25, 0.3) is 0 Å². The van der Waals surface area contributed by atoms with Gasteiger partial charge in [-0.05, 0) is 69.0 Å². The molecule has 8 heteroatoms. The second-order valence-corrected chi connectivity index (χ2v) is 9.13. The maximum Gasteiger partial charge on any atom is 0.416 e. The number of alkyl halides is 3. The summed E-state index contributed by atoms with van der Waals surface area (Å²) in [6.45, 7) is 3.08. The highest BCUT2D eigenvalue weighted by Gasteiger charge is 2.50. The van der Waals surface area contributed by atoms with Crippen LogP contribution in [0.3, 0.4) is 0 Å². The predicted molar refractivity (Wildman–Crippen MR) is 119 cm³/mol. The monoisotopic (exact) mass is 482 g/mol. The van der Waals surface area contributed by atoms with Gasteiger partial charge < -0.3 is 14.6 Å². The number of halogens is 4. The van der Waals surface area contributed by atoms with Crippen LogP contribution in [0.1, 0.15) is 62.1 Å². The molecule has 0 heterocycles. The number of ether oxygens (including phenoxy) is 2. The number of rotatable bonds is 8. The molecule has 2 aromatic carbocycles. The molecule has 3 rings (SSSR count). The summed E-state index contributed by atoms with van der Waals surface area (Å²) in [5.74, 6) is -1.94. The molecular weight excluding hydrogens is 452 g/mol. The van der Waals surface area contributed by atoms with Crippen LogP contribution in [0.2, 0.25) is 0 Å². The van der Waals surface area contributed by atoms with Crippen molar-refractivity contribution < 1.29 is 36.9 Å². The molecule has 0 spiro atoms. The van der Waals surface area contributed by atoms with Crippen molar-refractivity contribution in [1.29, 1.82) is 0 Å². The van der Waals surface area contributed by atoms with Gasteiger partial charge in [-0.1, -0.05) is 18.6 Å². The molecule has 2 unspecified atom stereocenters. The lowest BCUT2D eigenvalue weighted by Gasteiger charge is -2.38. The topological polar surface area (TPSA) is 55.8 Å². The summed E-state index contributed by atoms with van der Waals surface area (Å²) in [7, 11) is 1.29. The first-order valence-corrected chi connectivity index (χ1v) is 11.3. The Morgan fingerprint density at radius 3 is 2.41 bits per heavy atom. The van der Waals surface area contributed by atoms with Crippen molar-refractivity contribution in [2.45, 2.75) is 63.1 Å². The molecule has 0 aromatic heterocycles. The van der Waals surface area contributed by atoms with E-state index in [1.165, 1.54) is 25.3 Å². The van der Waals surface area contributed by atoms with Crippen LogP contribution < -0.4 is 4.74 Å². The first-order valence-electron chi connectivity index (χ1n) is 11.3. The minimum Gasteiger partial charge on any atom is -0.491 e. The van der Waals surface area contributed by atoms with Crippen molar-refractivity contribution in [2.75, 3.05) is 13.7 Å². The Bertz CT molecular complexity index is 987. The molecule has 0 amide bonds. The minimum absolute atomic E-state index is 0.171. The molecule has 0 radical (unpaired) electrons. The van der Waals surface area contributed by atoms with E-state index in [-0.39, 0.29) is 23.8 Å². The van der Waals surface area contributed by atoms with Gasteiger partial charge in [0.15, 0.2) is 0 Å². The third-order valence-electron chi connectivity index (χ3n) is 6.66. The normalized spacial score (nSPS) is 21.5. The van der Waals surface area contributed by atoms with E-state index in [2.05, 4.69) is 0 Å². The van der Waals surface area contributed by atoms with Gasteiger partial charge in [-0.25, -0.2) is 4.39 Å². The fraction of sp³-hybridized carbons (Fsp3) is 0.500. The van der Waals surface area contributed by atoms with Crippen molar-refractivity contribution in [1.82, 2.24) is 0 Å². The van der Waals surface area contributed by atoms with Gasteiger partial charge in [0.25, 0.3) is 0 Å². The van der Waals surface area contributed by atoms with E-state index in [4.69, 9.17) is 9.47 Å². The van der Waals surface area contributed by atoms with Crippen molar-refractivity contribution in [3.63, 3.8) is 0 Å². The second-order valence-electron chi connectivity index (χ2n) is 9.13. The van der Waals surface area contributed by atoms with Crippen molar-refractivity contribution >= 4 is 5.97 Å². The van der Waals surface area contributed by atoms with Crippen molar-refractivity contribution in [3.8, 4) is 5.75 Å². The molecule has 0 bridgehead atoms. The smallest absolute Gasteiger partial charge is 0.416 e. The SMILES string of the molecule is COC(=O)C1CCC[C@]1(CC(CO)c1cc(C(F)(F)F)ccc1OC(C)C)c1ccc(F)cc1. The molecule has 186 valence electrons. The number of carbonyl (C=O) groups excluding carboxylic acids is 1. The summed E-state index contributed by atoms with van der Waals surface area (Å²) in [4.78, 5) is 12.7. The first-order chi connectivity index (χ1) is 16.0. The molecule has 0 saturated heterocycles. The van der Waals surface area contributed by atoms with Gasteiger partial charge in [0.1, 0.15) is 11.6 Å². The largest absolute Gasteiger partial charge is 0.491 e. The van der Waals surface area contributed by atoms with E-state index in [9.17, 15) is 27.5 Å². The number of aliphatic hydroxyl groups is 1. The predicted octanol–water partition coefficient (Wildman–Crippen LogP) is 6.01. The summed E-state index contributed by atoms with van der Waals surface area (Å²) in [5.41, 5.74) is -0.761. The number of esters is 1. The molecule has 0 aliphatic heterocycles. The summed E-state index contributed by atoms with van der Waals surface area (Å²) >= 11 is 0. The van der Waals surface area contributed by atoms with E-state index in [0.717, 1.165) is 12.1 Å². The van der Waals surface area contributed by atoms with E-state index in [0.29, 0.717) is 24.8 Å². The molecule has 1 aliphatic rings. The number of carbonyl (C=O) groups is 1. The quantitative estimate of drug-likeness (QED) is 0.370. The Morgan fingerprint density at radius 2 is 1.85 bits per heavy atom. The van der Waals surface area contributed by atoms with Crippen molar-refractivity contribution in [2.24, 2.45) is 5.92 Å². The molecule has 1 aliphatic carbocycles. The molecule has 3 atom stereocenters. The second kappa shape index (κ2) is 10.3. The maximum absolute atomic E-state index is 13.7. The number of hydrogen-bond donors (Lipinski definition) is 1. The summed E-state index contributed by atoms with van der Waals surface area (Å²) in [6, 6.07) is 9.05. The highest BCUT2D eigenvalue weighted by Crippen LogP contribution is 2.52. The number of hydrogen-bond acceptors (Lipinski definition) is 4. The molecule has 2 aromatic rings. The van der Waals surface area contributed by atoms with E-state index >= 15 is 0 Å². The van der Waals surface area contributed by atoms with Gasteiger partial charge in [-0.3, -0.25) is 4.79 Å². The highest BCUT2D eigenvalue weighted by atomic mass is 19.4. The fourth-order valence-corrected chi connectivity index (χ4v) is 5.16. The average Bonchev–Trinajstić information content (AvgIpc) is 3.21. The van der Waals surface area contributed by atoms with Crippen molar-refractivity contribution in [3.05, 3.63) is 65.0 Å². The Morgan fingerprint density at radius 1 is 1.18 bits per heavy atom. The van der Waals surface area contributed by atoms with Gasteiger partial charge in [0.2, 0.25) is 0 Å². The van der Waals surface area contributed by atoms with Crippen LogP contribution in [-0.2, 0) is 21.1 Å². The maximum atomic E-state index is 13.7. The molecule has 4 nitrogen and oxygen atoms in total. The minimum atomic E-state index is -4.57. The molecule has 1 N–H and O–H groups in total. The molecular formula is C26H30F4O4. The summed E-state index contributed by atoms with van der Waals surface area (Å²) in [6.07, 6.45) is -2.93. The molecule has 1 fully saturated rings. The fourth-order valence-electron chi connectivity index (χ4n) is 5.16. The zero-order valence-electron chi connectivity index (χ0n) is 19.5. The zero-order valence-corrected chi connectivity index (χ0v) is 19.5. The summed E-state index contributed by atoms with van der Waals surface area (Å²) < 4.78 is 65.1. The third kappa shape index (κ3) is 5.37. The Balaban J connectivity index is 2.13. The first kappa shape index (κ1) is 26.0. The Labute approximate surface area is 196 Å². The zero-order chi connectivity index (χ0) is 25.1. The number of methoxy groups -OCH3 is 1. The van der Waals surface area contributed by atoms with Crippen LogP contribution >= 0.6 is 0 Å². The highest BCUT2D eigenvalue weighted by molar-refractivity contribution is 5.75. The van der Waals surface area contributed by atoms with Crippen LogP contribution in [0.4, 0.5) is 17.6 Å². The van der Waals surface area contributed by atoms with Gasteiger partial charge in [-0.2, -0.15) is 13.2 Å². The molecule has 1 saturated carbocycles.